The second-order valence-corrected chi connectivity index (χ2v) is 23.6. The summed E-state index contributed by atoms with van der Waals surface area (Å²) in [6.07, 6.45) is 1.69. The highest BCUT2D eigenvalue weighted by Crippen LogP contribution is 2.54. The van der Waals surface area contributed by atoms with Gasteiger partial charge in [-0.2, -0.15) is 18.2 Å². The molecule has 80 heavy (non-hydrogen) atoms. The fourth-order valence-electron chi connectivity index (χ4n) is 12.1. The third kappa shape index (κ3) is 11.6. The maximum atomic E-state index is 14.9. The molecule has 4 aliphatic rings. The van der Waals surface area contributed by atoms with Crippen LogP contribution in [0.25, 0.3) is 11.0 Å². The number of aromatic nitrogens is 4. The number of alkyl halides is 3. The van der Waals surface area contributed by atoms with Gasteiger partial charge in [0.25, 0.3) is 21.8 Å². The molecular weight excluding hydrogens is 1060 g/mol. The number of methoxy groups -OCH3 is 2. The lowest BCUT2D eigenvalue weighted by Crippen LogP contribution is -2.60. The van der Waals surface area contributed by atoms with Crippen LogP contribution in [0.3, 0.4) is 0 Å². The van der Waals surface area contributed by atoms with Crippen molar-refractivity contribution in [3.63, 3.8) is 0 Å². The van der Waals surface area contributed by atoms with E-state index in [1.54, 1.807) is 25.4 Å². The van der Waals surface area contributed by atoms with Gasteiger partial charge in [0.2, 0.25) is 11.7 Å². The number of H-pyrrole nitrogens is 1. The first-order chi connectivity index (χ1) is 38.1. The van der Waals surface area contributed by atoms with Gasteiger partial charge in [-0.15, -0.1) is 0 Å². The number of amides is 1. The molecule has 2 aromatic carbocycles. The monoisotopic (exact) mass is 1130 g/mol. The van der Waals surface area contributed by atoms with Gasteiger partial charge in [0.05, 0.1) is 36.3 Å². The highest BCUT2D eigenvalue weighted by Gasteiger charge is 2.55. The van der Waals surface area contributed by atoms with Gasteiger partial charge < -0.3 is 34.5 Å². The fourth-order valence-corrected chi connectivity index (χ4v) is 13.0. The summed E-state index contributed by atoms with van der Waals surface area (Å²) in [5, 5.41) is 25.1. The number of nitro groups is 1. The van der Waals surface area contributed by atoms with Crippen molar-refractivity contribution in [2.75, 3.05) is 63.7 Å². The van der Waals surface area contributed by atoms with Crippen LogP contribution in [0.5, 0.6) is 23.3 Å². The van der Waals surface area contributed by atoms with Crippen LogP contribution >= 0.6 is 0 Å². The average Bonchev–Trinajstić information content (AvgIpc) is 3.96. The van der Waals surface area contributed by atoms with E-state index in [1.807, 2.05) is 16.9 Å². The zero-order valence-corrected chi connectivity index (χ0v) is 45.6. The first-order valence-corrected chi connectivity index (χ1v) is 28.2. The van der Waals surface area contributed by atoms with Gasteiger partial charge in [-0.05, 0) is 104 Å². The number of carbonyl (C=O) groups excluding carboxylic acids is 1. The van der Waals surface area contributed by atoms with Crippen LogP contribution in [0.2, 0.25) is 0 Å². The van der Waals surface area contributed by atoms with Gasteiger partial charge in [-0.25, -0.2) is 27.5 Å². The van der Waals surface area contributed by atoms with Gasteiger partial charge in [-0.1, -0.05) is 38.1 Å². The number of sulfonamides is 1. The van der Waals surface area contributed by atoms with Crippen molar-refractivity contribution in [2.24, 2.45) is 11.3 Å². The van der Waals surface area contributed by atoms with E-state index in [-0.39, 0.29) is 70.6 Å². The lowest BCUT2D eigenvalue weighted by atomic mass is 9.59. The van der Waals surface area contributed by atoms with Gasteiger partial charge >= 0.3 is 11.9 Å². The summed E-state index contributed by atoms with van der Waals surface area (Å²) in [5.41, 5.74) is 1.00. The van der Waals surface area contributed by atoms with Crippen LogP contribution in [0.1, 0.15) is 104 Å². The van der Waals surface area contributed by atoms with E-state index in [1.165, 1.54) is 30.4 Å². The van der Waals surface area contributed by atoms with E-state index in [2.05, 4.69) is 78.1 Å². The molecule has 10 rings (SSSR count). The van der Waals surface area contributed by atoms with Crippen LogP contribution < -0.4 is 29.1 Å². The lowest BCUT2D eigenvalue weighted by Gasteiger charge is -2.58. The molecule has 0 bridgehead atoms. The molecule has 2 saturated carbocycles. The Morgan fingerprint density at radius 3 is 2.41 bits per heavy atom. The number of carbonyl (C=O) groups is 1. The minimum Gasteiger partial charge on any atom is -0.481 e. The standard InChI is InChI=1S/C56H64F4N10O9S/c1-34(2)40-7-5-6-8-41(40)46-33-67(32-36-13-18-61-49(23-36)77-3)21-22-69(46)38-27-54(28-38)16-19-68(20-17-54)37-9-10-42(47(24-37)79-48-26-43-44(57)31-64-50(43)65-53(48)78-4)52(71)66-80(75,76)39-25-45(70(73)74)51(63-30-39)62-29-35-11-14-55(72,15-12-35)56(58,59)60/h5-10,13,18,23-26,30-31,34-35,38,46,72H,11-12,14-17,19-22,27-29,32-33H2,1-4H3,(H,62,63)(H,64,65)(H,66,71)/t35?,46-,55?/m0/s1. The highest BCUT2D eigenvalue weighted by molar-refractivity contribution is 7.90. The Bertz CT molecular complexity index is 3380. The lowest BCUT2D eigenvalue weighted by molar-refractivity contribution is -0.384. The second kappa shape index (κ2) is 22.4. The van der Waals surface area contributed by atoms with Gasteiger partial charge in [-0.3, -0.25) is 24.7 Å². The molecule has 1 amide bonds. The number of aliphatic hydroxyl groups is 1. The quantitative estimate of drug-likeness (QED) is 0.0378. The van der Waals surface area contributed by atoms with Gasteiger partial charge in [0, 0.05) is 100 Å². The number of anilines is 2. The maximum Gasteiger partial charge on any atom is 0.417 e. The Kier molecular flexibility index (Phi) is 15.7. The summed E-state index contributed by atoms with van der Waals surface area (Å²) in [6.45, 7) is 9.34. The number of hydrogen-bond donors (Lipinski definition) is 4. The molecule has 19 nitrogen and oxygen atoms in total. The number of halogens is 4. The molecular formula is C56H64F4N10O9S. The van der Waals surface area contributed by atoms with E-state index in [4.69, 9.17) is 14.2 Å². The molecule has 2 aliphatic heterocycles. The zero-order chi connectivity index (χ0) is 56.7. The Morgan fingerprint density at radius 1 is 0.963 bits per heavy atom. The molecule has 24 heteroatoms. The van der Waals surface area contributed by atoms with Crippen molar-refractivity contribution in [2.45, 2.75) is 106 Å². The van der Waals surface area contributed by atoms with E-state index < -0.39 is 67.8 Å². The third-order valence-electron chi connectivity index (χ3n) is 16.7. The molecule has 2 saturated heterocycles. The number of piperidine rings is 1. The van der Waals surface area contributed by atoms with Crippen LogP contribution in [0.15, 0.2) is 90.2 Å². The highest BCUT2D eigenvalue weighted by atomic mass is 32.2. The van der Waals surface area contributed by atoms with Crippen LogP contribution in [-0.4, -0.2) is 125 Å². The van der Waals surface area contributed by atoms with E-state index in [0.717, 1.165) is 69.8 Å². The Labute approximate surface area is 460 Å². The van der Waals surface area contributed by atoms with E-state index >= 15 is 0 Å². The van der Waals surface area contributed by atoms with Crippen LogP contribution in [-0.2, 0) is 16.6 Å². The molecule has 6 heterocycles. The third-order valence-corrected chi connectivity index (χ3v) is 18.0. The fraction of sp³-hybridized carbons (Fsp3) is 0.464. The number of benzene rings is 2. The molecule has 4 N–H and O–H groups in total. The van der Waals surface area contributed by atoms with Crippen molar-refractivity contribution >= 4 is 44.2 Å². The molecule has 426 valence electrons. The topological polar surface area (TPSA) is 231 Å². The number of aromatic amines is 1. The second-order valence-electron chi connectivity index (χ2n) is 21.9. The number of piperazine rings is 1. The largest absolute Gasteiger partial charge is 0.481 e. The normalized spacial score (nSPS) is 21.1. The number of nitrogens with zero attached hydrogens (tertiary/aromatic N) is 7. The first kappa shape index (κ1) is 56.1. The average molecular weight is 1130 g/mol. The summed E-state index contributed by atoms with van der Waals surface area (Å²) in [5.74, 6) is -1.84. The predicted octanol–water partition coefficient (Wildman–Crippen LogP) is 9.66. The van der Waals surface area contributed by atoms with Crippen LogP contribution in [0, 0.1) is 27.3 Å². The summed E-state index contributed by atoms with van der Waals surface area (Å²) in [6, 6.07) is 20.2. The summed E-state index contributed by atoms with van der Waals surface area (Å²) < 4.78 is 102. The van der Waals surface area contributed by atoms with Crippen molar-refractivity contribution < 1.29 is 55.0 Å². The van der Waals surface area contributed by atoms with Crippen molar-refractivity contribution in [3.8, 4) is 23.3 Å². The molecule has 1 atom stereocenters. The number of fused-ring (bicyclic) bond motifs is 1. The van der Waals surface area contributed by atoms with Crippen molar-refractivity contribution in [3.05, 3.63) is 124 Å². The molecule has 4 aromatic heterocycles. The maximum absolute atomic E-state index is 14.9. The van der Waals surface area contributed by atoms with Crippen LogP contribution in [0.4, 0.5) is 34.8 Å². The molecule has 0 unspecified atom stereocenters. The number of rotatable bonds is 17. The van der Waals surface area contributed by atoms with E-state index in [9.17, 15) is 46.0 Å². The van der Waals surface area contributed by atoms with Crippen molar-refractivity contribution in [1.82, 2.24) is 34.5 Å². The van der Waals surface area contributed by atoms with Gasteiger partial charge in [0.15, 0.2) is 11.4 Å². The van der Waals surface area contributed by atoms with E-state index in [0.29, 0.717) is 42.7 Å². The molecule has 4 fully saturated rings. The minimum atomic E-state index is -4.87. The van der Waals surface area contributed by atoms with Gasteiger partial charge in [0.1, 0.15) is 22.1 Å². The first-order valence-electron chi connectivity index (χ1n) is 26.7. The molecule has 0 radical (unpaired) electrons. The SMILES string of the molecule is COc1cc(CN2CCN(C3CC4(CCN(c5ccc(C(=O)NS(=O)(=O)c6cnc(NCC7CCC(O)(C(F)(F)F)CC7)c([N+](=O)[O-])c6)c(Oc6cc7c(F)c[nH]c7nc6OC)c5)CC4)C3)[C@H](c3ccccc3C(C)C)C2)ccn1. The molecule has 6 aromatic rings. The predicted molar refractivity (Wildman–Crippen MR) is 289 cm³/mol. The number of hydrogen-bond acceptors (Lipinski definition) is 16. The number of nitrogens with one attached hydrogen (secondary N) is 3. The molecule has 1 spiro atoms. The number of pyridine rings is 3. The molecule has 2 aliphatic carbocycles. The Balaban J connectivity index is 0.850. The Morgan fingerprint density at radius 2 is 1.71 bits per heavy atom. The summed E-state index contributed by atoms with van der Waals surface area (Å²) in [4.78, 5) is 47.6. The minimum absolute atomic E-state index is 0.0248. The summed E-state index contributed by atoms with van der Waals surface area (Å²) in [7, 11) is -1.90. The summed E-state index contributed by atoms with van der Waals surface area (Å²) >= 11 is 0. The zero-order valence-electron chi connectivity index (χ0n) is 44.8. The number of ether oxygens (including phenoxy) is 3. The Hall–Kier alpha value is -7.15. The smallest absolute Gasteiger partial charge is 0.417 e. The van der Waals surface area contributed by atoms with Crippen molar-refractivity contribution in [1.29, 1.82) is 0 Å².